The van der Waals surface area contributed by atoms with Gasteiger partial charge in [0, 0.05) is 19.2 Å². The summed E-state index contributed by atoms with van der Waals surface area (Å²) < 4.78 is 0. The Morgan fingerprint density at radius 1 is 1.08 bits per heavy atom. The van der Waals surface area contributed by atoms with Crippen molar-refractivity contribution in [3.63, 3.8) is 0 Å². The van der Waals surface area contributed by atoms with Crippen molar-refractivity contribution in [3.05, 3.63) is 54.4 Å². The van der Waals surface area contributed by atoms with E-state index in [1.54, 1.807) is 6.20 Å². The average Bonchev–Trinajstić information content (AvgIpc) is 2.86. The molecule has 24 heavy (non-hydrogen) atoms. The van der Waals surface area contributed by atoms with E-state index in [9.17, 15) is 9.59 Å². The molecule has 2 aliphatic heterocycles. The number of carbonyl (C=O) groups excluding carboxylic acids is 2. The van der Waals surface area contributed by atoms with Gasteiger partial charge >= 0.3 is 0 Å². The highest BCUT2D eigenvalue weighted by Gasteiger charge is 2.53. The Hall–Kier alpha value is -2.69. The van der Waals surface area contributed by atoms with Crippen LogP contribution in [0.3, 0.4) is 0 Å². The van der Waals surface area contributed by atoms with Crippen LogP contribution in [-0.2, 0) is 16.0 Å². The molecule has 0 saturated carbocycles. The van der Waals surface area contributed by atoms with Crippen molar-refractivity contribution >= 4 is 23.2 Å². The molecule has 4 rings (SSSR count). The Balaban J connectivity index is 1.78. The van der Waals surface area contributed by atoms with Gasteiger partial charge in [0.1, 0.15) is 6.04 Å². The lowest BCUT2D eigenvalue weighted by Crippen LogP contribution is -2.48. The zero-order chi connectivity index (χ0) is 16.7. The summed E-state index contributed by atoms with van der Waals surface area (Å²) in [6.07, 6.45) is 3.18. The average molecular weight is 321 g/mol. The van der Waals surface area contributed by atoms with Gasteiger partial charge in [-0.05, 0) is 30.7 Å². The van der Waals surface area contributed by atoms with Crippen LogP contribution in [0.5, 0.6) is 0 Å². The molecular weight excluding hydrogens is 302 g/mol. The van der Waals surface area contributed by atoms with Crippen molar-refractivity contribution in [3.8, 4) is 0 Å². The number of aromatic nitrogens is 1. The Morgan fingerprint density at radius 2 is 1.88 bits per heavy atom. The summed E-state index contributed by atoms with van der Waals surface area (Å²) in [6, 6.07) is 12.6. The molecular formula is C19H19N3O2. The third-order valence-electron chi connectivity index (χ3n) is 4.80. The minimum atomic E-state index is -0.422. The summed E-state index contributed by atoms with van der Waals surface area (Å²) in [5, 5.41) is 0. The molecule has 122 valence electrons. The van der Waals surface area contributed by atoms with Gasteiger partial charge in [-0.25, -0.2) is 4.90 Å². The second kappa shape index (κ2) is 5.74. The summed E-state index contributed by atoms with van der Waals surface area (Å²) in [5.41, 5.74) is 2.54. The molecule has 0 unspecified atom stereocenters. The van der Waals surface area contributed by atoms with Crippen molar-refractivity contribution < 1.29 is 9.59 Å². The van der Waals surface area contributed by atoms with Crippen LogP contribution in [0.1, 0.15) is 19.0 Å². The normalized spacial score (nSPS) is 22.5. The molecule has 0 aliphatic carbocycles. The van der Waals surface area contributed by atoms with E-state index in [0.29, 0.717) is 12.1 Å². The summed E-state index contributed by atoms with van der Waals surface area (Å²) in [6.45, 7) is 2.82. The Morgan fingerprint density at radius 3 is 2.62 bits per heavy atom. The summed E-state index contributed by atoms with van der Waals surface area (Å²) in [5.74, 6) is -0.598. The quantitative estimate of drug-likeness (QED) is 0.815. The summed E-state index contributed by atoms with van der Waals surface area (Å²) in [4.78, 5) is 33.9. The van der Waals surface area contributed by atoms with Crippen LogP contribution in [0.25, 0.3) is 0 Å². The lowest BCUT2D eigenvalue weighted by molar-refractivity contribution is -0.122. The van der Waals surface area contributed by atoms with Crippen molar-refractivity contribution in [2.24, 2.45) is 5.92 Å². The number of fused-ring (bicyclic) bond motifs is 2. The molecule has 5 nitrogen and oxygen atoms in total. The van der Waals surface area contributed by atoms with Crippen LogP contribution in [0.15, 0.2) is 48.7 Å². The van der Waals surface area contributed by atoms with Gasteiger partial charge in [0.05, 0.1) is 23.0 Å². The SMILES string of the molecule is CCCN1c2cccnc2C[C@H]2C(=O)N(c3ccccc3)C(=O)[C@H]21. The van der Waals surface area contributed by atoms with Gasteiger partial charge in [-0.15, -0.1) is 0 Å². The standard InChI is InChI=1S/C19H19N3O2/c1-2-11-21-16-9-6-10-20-15(16)12-14-17(21)19(24)22(18(14)23)13-7-4-3-5-8-13/h3-10,14,17H,2,11-12H2,1H3/t14-,17+/m1/s1. The molecule has 2 atom stereocenters. The molecule has 1 aromatic carbocycles. The van der Waals surface area contributed by atoms with E-state index in [0.717, 1.165) is 24.3 Å². The number of amides is 2. The summed E-state index contributed by atoms with van der Waals surface area (Å²) in [7, 11) is 0. The van der Waals surface area contributed by atoms with Crippen LogP contribution in [0, 0.1) is 5.92 Å². The Bertz CT molecular complexity index is 790. The molecule has 2 amide bonds. The van der Waals surface area contributed by atoms with Gasteiger partial charge in [0.25, 0.3) is 5.91 Å². The van der Waals surface area contributed by atoms with Crippen molar-refractivity contribution in [1.82, 2.24) is 4.98 Å². The third-order valence-corrected chi connectivity index (χ3v) is 4.80. The number of hydrogen-bond donors (Lipinski definition) is 0. The van der Waals surface area contributed by atoms with Gasteiger partial charge in [-0.3, -0.25) is 14.6 Å². The maximum Gasteiger partial charge on any atom is 0.257 e. The molecule has 2 aliphatic rings. The van der Waals surface area contributed by atoms with Crippen molar-refractivity contribution in [2.75, 3.05) is 16.3 Å². The zero-order valence-electron chi connectivity index (χ0n) is 13.6. The highest BCUT2D eigenvalue weighted by atomic mass is 16.2. The molecule has 0 bridgehead atoms. The van der Waals surface area contributed by atoms with E-state index in [4.69, 9.17) is 0 Å². The number of nitrogens with zero attached hydrogens (tertiary/aromatic N) is 3. The molecule has 0 spiro atoms. The van der Waals surface area contributed by atoms with Crippen LogP contribution in [-0.4, -0.2) is 29.4 Å². The number of para-hydroxylation sites is 1. The van der Waals surface area contributed by atoms with Crippen LogP contribution >= 0.6 is 0 Å². The minimum absolute atomic E-state index is 0.117. The van der Waals surface area contributed by atoms with E-state index in [-0.39, 0.29) is 17.7 Å². The first-order valence-electron chi connectivity index (χ1n) is 8.35. The fourth-order valence-electron chi connectivity index (χ4n) is 3.80. The van der Waals surface area contributed by atoms with Gasteiger partial charge in [0.15, 0.2) is 0 Å². The van der Waals surface area contributed by atoms with E-state index in [2.05, 4.69) is 16.8 Å². The topological polar surface area (TPSA) is 53.5 Å². The van der Waals surface area contributed by atoms with E-state index < -0.39 is 6.04 Å². The third kappa shape index (κ3) is 2.12. The number of imide groups is 1. The van der Waals surface area contributed by atoms with Gasteiger partial charge in [0.2, 0.25) is 5.91 Å². The molecule has 2 aromatic rings. The second-order valence-corrected chi connectivity index (χ2v) is 6.27. The molecule has 0 radical (unpaired) electrons. The van der Waals surface area contributed by atoms with Gasteiger partial charge in [-0.2, -0.15) is 0 Å². The first-order chi connectivity index (χ1) is 11.7. The molecule has 5 heteroatoms. The van der Waals surface area contributed by atoms with Crippen molar-refractivity contribution in [2.45, 2.75) is 25.8 Å². The van der Waals surface area contributed by atoms with E-state index in [1.165, 1.54) is 4.90 Å². The highest BCUT2D eigenvalue weighted by molar-refractivity contribution is 6.24. The molecule has 1 saturated heterocycles. The maximum atomic E-state index is 13.1. The Kier molecular flexibility index (Phi) is 3.56. The fraction of sp³-hybridized carbons (Fsp3) is 0.316. The largest absolute Gasteiger partial charge is 0.357 e. The first kappa shape index (κ1) is 14.9. The number of benzene rings is 1. The second-order valence-electron chi connectivity index (χ2n) is 6.27. The van der Waals surface area contributed by atoms with Gasteiger partial charge in [-0.1, -0.05) is 25.1 Å². The summed E-state index contributed by atoms with van der Waals surface area (Å²) >= 11 is 0. The number of anilines is 2. The Labute approximate surface area is 140 Å². The molecule has 3 heterocycles. The van der Waals surface area contributed by atoms with Crippen LogP contribution in [0.4, 0.5) is 11.4 Å². The number of pyridine rings is 1. The lowest BCUT2D eigenvalue weighted by Gasteiger charge is -2.37. The van der Waals surface area contributed by atoms with Gasteiger partial charge < -0.3 is 4.90 Å². The van der Waals surface area contributed by atoms with E-state index >= 15 is 0 Å². The number of rotatable bonds is 3. The monoisotopic (exact) mass is 321 g/mol. The minimum Gasteiger partial charge on any atom is -0.357 e. The molecule has 1 aromatic heterocycles. The predicted molar refractivity (Wildman–Crippen MR) is 91.8 cm³/mol. The number of hydrogen-bond acceptors (Lipinski definition) is 4. The smallest absolute Gasteiger partial charge is 0.257 e. The fourth-order valence-corrected chi connectivity index (χ4v) is 3.80. The number of carbonyl (C=O) groups is 2. The lowest BCUT2D eigenvalue weighted by atomic mass is 9.89. The van der Waals surface area contributed by atoms with Crippen molar-refractivity contribution in [1.29, 1.82) is 0 Å². The maximum absolute atomic E-state index is 13.1. The predicted octanol–water partition coefficient (Wildman–Crippen LogP) is 2.41. The first-order valence-corrected chi connectivity index (χ1v) is 8.35. The molecule has 0 N–H and O–H groups in total. The van der Waals surface area contributed by atoms with E-state index in [1.807, 2.05) is 42.5 Å². The van der Waals surface area contributed by atoms with Crippen LogP contribution < -0.4 is 9.80 Å². The van der Waals surface area contributed by atoms with Crippen LogP contribution in [0.2, 0.25) is 0 Å². The highest BCUT2D eigenvalue weighted by Crippen LogP contribution is 2.39. The zero-order valence-corrected chi connectivity index (χ0v) is 13.6. The molecule has 1 fully saturated rings.